The zero-order valence-corrected chi connectivity index (χ0v) is 14.5. The summed E-state index contributed by atoms with van der Waals surface area (Å²) in [5.41, 5.74) is 9.21. The minimum Gasteiger partial charge on any atom is -0.398 e. The molecule has 5 N–H and O–H groups in total. The van der Waals surface area contributed by atoms with Crippen molar-refractivity contribution in [3.8, 4) is 0 Å². The maximum Gasteiger partial charge on any atom is 0.188 e. The second-order valence-electron chi connectivity index (χ2n) is 7.98. The van der Waals surface area contributed by atoms with Crippen molar-refractivity contribution in [3.63, 3.8) is 0 Å². The highest BCUT2D eigenvalue weighted by molar-refractivity contribution is 5.97. The fraction of sp³-hybridized carbons (Fsp3) is 0.550. The molecule has 3 heteroatoms. The van der Waals surface area contributed by atoms with E-state index in [-0.39, 0.29) is 0 Å². The number of benzene rings is 1. The monoisotopic (exact) mass is 312 g/mol. The van der Waals surface area contributed by atoms with Gasteiger partial charge in [0.05, 0.1) is 6.54 Å². The summed E-state index contributed by atoms with van der Waals surface area (Å²) in [5.74, 6) is 2.44. The molecule has 4 atom stereocenters. The van der Waals surface area contributed by atoms with E-state index >= 15 is 0 Å². The highest BCUT2D eigenvalue weighted by atomic mass is 14.9. The van der Waals surface area contributed by atoms with Crippen LogP contribution in [-0.4, -0.2) is 18.3 Å². The Balaban J connectivity index is 1.54. The SMILES string of the molecule is C[C@H]1C(NCC(=[NH2+])/C=C(\N)c2ccccc2)C[C@@H]2C[C@H]1C2(C)C. The Morgan fingerprint density at radius 1 is 1.30 bits per heavy atom. The van der Waals surface area contributed by atoms with E-state index in [1.165, 1.54) is 12.8 Å². The third kappa shape index (κ3) is 3.07. The van der Waals surface area contributed by atoms with Gasteiger partial charge < -0.3 is 11.1 Å². The fourth-order valence-corrected chi connectivity index (χ4v) is 4.63. The van der Waals surface area contributed by atoms with Crippen molar-refractivity contribution < 1.29 is 5.41 Å². The highest BCUT2D eigenvalue weighted by Crippen LogP contribution is 2.61. The Kier molecular flexibility index (Phi) is 4.33. The van der Waals surface area contributed by atoms with Gasteiger partial charge >= 0.3 is 0 Å². The van der Waals surface area contributed by atoms with Gasteiger partial charge in [0.15, 0.2) is 5.71 Å². The Hall–Kier alpha value is -1.61. The molecule has 4 rings (SSSR count). The number of nitrogens with one attached hydrogen (secondary N) is 1. The summed E-state index contributed by atoms with van der Waals surface area (Å²) >= 11 is 0. The molecule has 2 bridgehead atoms. The predicted molar refractivity (Wildman–Crippen MR) is 96.5 cm³/mol. The molecule has 0 spiro atoms. The molecule has 1 aromatic rings. The van der Waals surface area contributed by atoms with Crippen molar-refractivity contribution in [2.75, 3.05) is 6.54 Å². The molecule has 0 aliphatic heterocycles. The van der Waals surface area contributed by atoms with E-state index in [1.54, 1.807) is 0 Å². The first-order valence-electron chi connectivity index (χ1n) is 8.77. The Labute approximate surface area is 139 Å². The first-order chi connectivity index (χ1) is 10.9. The van der Waals surface area contributed by atoms with Gasteiger partial charge in [0.25, 0.3) is 0 Å². The lowest BCUT2D eigenvalue weighted by atomic mass is 9.45. The van der Waals surface area contributed by atoms with E-state index in [9.17, 15) is 0 Å². The number of hydrogen-bond donors (Lipinski definition) is 3. The van der Waals surface area contributed by atoms with E-state index in [0.29, 0.717) is 18.0 Å². The van der Waals surface area contributed by atoms with Gasteiger partial charge in [-0.1, -0.05) is 51.1 Å². The molecule has 3 nitrogen and oxygen atoms in total. The van der Waals surface area contributed by atoms with Gasteiger partial charge in [0, 0.05) is 17.8 Å². The van der Waals surface area contributed by atoms with Crippen LogP contribution < -0.4 is 16.5 Å². The second kappa shape index (κ2) is 6.12. The van der Waals surface area contributed by atoms with Gasteiger partial charge in [-0.15, -0.1) is 0 Å². The summed E-state index contributed by atoms with van der Waals surface area (Å²) in [5, 5.41) is 9.84. The van der Waals surface area contributed by atoms with E-state index in [1.807, 2.05) is 36.4 Å². The molecule has 124 valence electrons. The average molecular weight is 312 g/mol. The zero-order valence-electron chi connectivity index (χ0n) is 14.5. The van der Waals surface area contributed by atoms with Crippen molar-refractivity contribution in [3.05, 3.63) is 42.0 Å². The lowest BCUT2D eigenvalue weighted by Crippen LogP contribution is -2.61. The quantitative estimate of drug-likeness (QED) is 0.727. The maximum absolute atomic E-state index is 6.17. The molecule has 0 radical (unpaired) electrons. The first-order valence-corrected chi connectivity index (χ1v) is 8.77. The summed E-state index contributed by atoms with van der Waals surface area (Å²) < 4.78 is 0. The van der Waals surface area contributed by atoms with E-state index < -0.39 is 0 Å². The molecule has 3 aliphatic rings. The number of hydrogen-bond acceptors (Lipinski definition) is 2. The van der Waals surface area contributed by atoms with Crippen LogP contribution in [0.3, 0.4) is 0 Å². The normalized spacial score (nSPS) is 32.2. The van der Waals surface area contributed by atoms with Crippen LogP contribution >= 0.6 is 0 Å². The van der Waals surface area contributed by atoms with Crippen LogP contribution in [-0.2, 0) is 0 Å². The minimum atomic E-state index is 0.532. The summed E-state index contributed by atoms with van der Waals surface area (Å²) in [6, 6.07) is 10.6. The molecule has 0 heterocycles. The van der Waals surface area contributed by atoms with Gasteiger partial charge in [0.1, 0.15) is 0 Å². The van der Waals surface area contributed by atoms with E-state index in [0.717, 1.165) is 34.7 Å². The lowest BCUT2D eigenvalue weighted by Gasteiger charge is -2.62. The van der Waals surface area contributed by atoms with Crippen molar-refractivity contribution in [2.45, 2.75) is 39.7 Å². The van der Waals surface area contributed by atoms with E-state index in [4.69, 9.17) is 11.1 Å². The maximum atomic E-state index is 6.17. The predicted octanol–water partition coefficient (Wildman–Crippen LogP) is 1.85. The summed E-state index contributed by atoms with van der Waals surface area (Å²) in [6.07, 6.45) is 4.57. The topological polar surface area (TPSA) is 63.6 Å². The van der Waals surface area contributed by atoms with Crippen LogP contribution in [0.1, 0.15) is 39.2 Å². The number of fused-ring (bicyclic) bond motifs is 2. The molecule has 1 aromatic carbocycles. The highest BCUT2D eigenvalue weighted by Gasteiger charge is 2.55. The van der Waals surface area contributed by atoms with Crippen LogP contribution in [0.2, 0.25) is 0 Å². The minimum absolute atomic E-state index is 0.532. The number of rotatable bonds is 5. The molecule has 23 heavy (non-hydrogen) atoms. The first kappa shape index (κ1) is 16.3. The third-order valence-corrected chi connectivity index (χ3v) is 6.37. The van der Waals surface area contributed by atoms with Crippen LogP contribution in [0.25, 0.3) is 5.70 Å². The second-order valence-corrected chi connectivity index (χ2v) is 7.98. The largest absolute Gasteiger partial charge is 0.398 e. The van der Waals surface area contributed by atoms with Crippen LogP contribution in [0.4, 0.5) is 0 Å². The molecule has 1 unspecified atom stereocenters. The Bertz CT molecular complexity index is 603. The summed E-state index contributed by atoms with van der Waals surface area (Å²) in [6.45, 7) is 7.97. The Morgan fingerprint density at radius 3 is 2.61 bits per heavy atom. The van der Waals surface area contributed by atoms with E-state index in [2.05, 4.69) is 26.1 Å². The molecular weight excluding hydrogens is 282 g/mol. The average Bonchev–Trinajstić information content (AvgIpc) is 2.54. The van der Waals surface area contributed by atoms with Crippen molar-refractivity contribution in [2.24, 2.45) is 28.9 Å². The van der Waals surface area contributed by atoms with Gasteiger partial charge in [0.2, 0.25) is 0 Å². The zero-order chi connectivity index (χ0) is 16.6. The molecule has 0 amide bonds. The van der Waals surface area contributed by atoms with Crippen molar-refractivity contribution in [1.29, 1.82) is 0 Å². The van der Waals surface area contributed by atoms with Gasteiger partial charge in [-0.2, -0.15) is 0 Å². The van der Waals surface area contributed by atoms with Crippen molar-refractivity contribution >= 4 is 11.4 Å². The smallest absolute Gasteiger partial charge is 0.188 e. The van der Waals surface area contributed by atoms with Gasteiger partial charge in [-0.25, -0.2) is 0 Å². The Morgan fingerprint density at radius 2 is 2.00 bits per heavy atom. The third-order valence-electron chi connectivity index (χ3n) is 6.37. The summed E-state index contributed by atoms with van der Waals surface area (Å²) in [7, 11) is 0. The molecule has 0 saturated heterocycles. The molecule has 0 aromatic heterocycles. The molecule has 3 aliphatic carbocycles. The number of nitrogens with two attached hydrogens (primary N) is 2. The standard InChI is InChI=1S/C20H29N3/c1-13-17-9-15(20(17,2)3)10-19(13)23-12-16(21)11-18(22)14-7-5-4-6-8-14/h4-8,11,13,15,17,19,21,23H,9-10,12,22H2,1-3H3/p+1/b18-11-,21-16?/t13-,15+,17-,19?/m1/s1. The van der Waals surface area contributed by atoms with Gasteiger partial charge in [-0.3, -0.25) is 5.41 Å². The van der Waals surface area contributed by atoms with Crippen LogP contribution in [0.5, 0.6) is 0 Å². The van der Waals surface area contributed by atoms with Crippen LogP contribution in [0, 0.1) is 23.2 Å². The molecule has 3 fully saturated rings. The molecule has 3 saturated carbocycles. The fourth-order valence-electron chi connectivity index (χ4n) is 4.63. The van der Waals surface area contributed by atoms with Gasteiger partial charge in [-0.05, 0) is 41.6 Å². The van der Waals surface area contributed by atoms with Crippen molar-refractivity contribution in [1.82, 2.24) is 5.32 Å². The lowest BCUT2D eigenvalue weighted by molar-refractivity contribution is -0.120. The molecular formula is C20H30N3+. The summed E-state index contributed by atoms with van der Waals surface area (Å²) in [4.78, 5) is 0. The van der Waals surface area contributed by atoms with Crippen LogP contribution in [0.15, 0.2) is 36.4 Å².